The largest absolute Gasteiger partial charge is 0.314 e. The number of hydrogen-bond acceptors (Lipinski definition) is 1. The van der Waals surface area contributed by atoms with Crippen molar-refractivity contribution in [3.8, 4) is 0 Å². The molecule has 1 saturated heterocycles. The second-order valence-electron chi connectivity index (χ2n) is 7.16. The van der Waals surface area contributed by atoms with Gasteiger partial charge in [0.05, 0.1) is 0 Å². The standard InChI is InChI=1S/C19H28ClN/c1-14-5-8-16(9-6-14)18-10-7-15(13-19(18)20)12-17-4-2-3-11-21-17/h7,10,13-14,16-17,21H,2-6,8-9,11-12H2,1H3. The Hall–Kier alpha value is -0.530. The van der Waals surface area contributed by atoms with E-state index in [9.17, 15) is 0 Å². The smallest absolute Gasteiger partial charge is 0.0443 e. The third-order valence-corrected chi connectivity index (χ3v) is 5.74. The SMILES string of the molecule is CC1CCC(c2ccc(CC3CCCCN3)cc2Cl)CC1. The molecule has 0 aromatic heterocycles. The summed E-state index contributed by atoms with van der Waals surface area (Å²) in [6.45, 7) is 3.55. The van der Waals surface area contributed by atoms with E-state index in [0.29, 0.717) is 12.0 Å². The van der Waals surface area contributed by atoms with Crippen molar-refractivity contribution in [2.75, 3.05) is 6.54 Å². The summed E-state index contributed by atoms with van der Waals surface area (Å²) in [5, 5.41) is 4.63. The number of rotatable bonds is 3. The molecule has 1 atom stereocenters. The molecule has 1 saturated carbocycles. The molecule has 1 unspecified atom stereocenters. The highest BCUT2D eigenvalue weighted by Gasteiger charge is 2.22. The van der Waals surface area contributed by atoms with Gasteiger partial charge in [-0.15, -0.1) is 0 Å². The summed E-state index contributed by atoms with van der Waals surface area (Å²) in [6.07, 6.45) is 10.5. The molecule has 0 bridgehead atoms. The van der Waals surface area contributed by atoms with E-state index in [1.54, 1.807) is 0 Å². The van der Waals surface area contributed by atoms with Gasteiger partial charge in [-0.1, -0.05) is 49.9 Å². The third-order valence-electron chi connectivity index (χ3n) is 5.42. The summed E-state index contributed by atoms with van der Waals surface area (Å²) in [7, 11) is 0. The van der Waals surface area contributed by atoms with E-state index in [1.165, 1.54) is 62.6 Å². The van der Waals surface area contributed by atoms with E-state index in [-0.39, 0.29) is 0 Å². The van der Waals surface area contributed by atoms with E-state index in [1.807, 2.05) is 0 Å². The summed E-state index contributed by atoms with van der Waals surface area (Å²) < 4.78 is 0. The minimum Gasteiger partial charge on any atom is -0.314 e. The summed E-state index contributed by atoms with van der Waals surface area (Å²) in [6, 6.07) is 7.50. The molecule has 1 heterocycles. The second-order valence-corrected chi connectivity index (χ2v) is 7.57. The fourth-order valence-electron chi connectivity index (χ4n) is 3.98. The van der Waals surface area contributed by atoms with E-state index in [2.05, 4.69) is 30.4 Å². The zero-order chi connectivity index (χ0) is 14.7. The Kier molecular flexibility index (Phi) is 5.24. The van der Waals surface area contributed by atoms with Crippen molar-refractivity contribution in [3.63, 3.8) is 0 Å². The lowest BCUT2D eigenvalue weighted by atomic mass is 9.79. The highest BCUT2D eigenvalue weighted by atomic mass is 35.5. The van der Waals surface area contributed by atoms with Crippen molar-refractivity contribution in [2.24, 2.45) is 5.92 Å². The van der Waals surface area contributed by atoms with Crippen LogP contribution in [0.25, 0.3) is 0 Å². The van der Waals surface area contributed by atoms with Crippen molar-refractivity contribution in [1.29, 1.82) is 0 Å². The molecule has 1 aromatic carbocycles. The second kappa shape index (κ2) is 7.15. The topological polar surface area (TPSA) is 12.0 Å². The minimum absolute atomic E-state index is 0.649. The van der Waals surface area contributed by atoms with Crippen LogP contribution in [0.15, 0.2) is 18.2 Å². The van der Waals surface area contributed by atoms with E-state index < -0.39 is 0 Å². The Morgan fingerprint density at radius 3 is 2.57 bits per heavy atom. The Balaban J connectivity index is 1.64. The first-order chi connectivity index (χ1) is 10.2. The Morgan fingerprint density at radius 2 is 1.90 bits per heavy atom. The average Bonchev–Trinajstić information content (AvgIpc) is 2.50. The van der Waals surface area contributed by atoms with Gasteiger partial charge in [-0.3, -0.25) is 0 Å². The van der Waals surface area contributed by atoms with Crippen LogP contribution in [0.4, 0.5) is 0 Å². The van der Waals surface area contributed by atoms with E-state index in [4.69, 9.17) is 11.6 Å². The molecule has 1 nitrogen and oxygen atoms in total. The normalized spacial score (nSPS) is 30.3. The predicted octanol–water partition coefficient (Wildman–Crippen LogP) is 5.32. The van der Waals surface area contributed by atoms with Crippen LogP contribution in [-0.2, 0) is 6.42 Å². The van der Waals surface area contributed by atoms with Crippen molar-refractivity contribution in [3.05, 3.63) is 34.3 Å². The molecule has 21 heavy (non-hydrogen) atoms. The predicted molar refractivity (Wildman–Crippen MR) is 91.2 cm³/mol. The molecule has 1 aromatic rings. The van der Waals surface area contributed by atoms with Gasteiger partial charge in [0, 0.05) is 11.1 Å². The van der Waals surface area contributed by atoms with Gasteiger partial charge in [0.2, 0.25) is 0 Å². The van der Waals surface area contributed by atoms with Crippen LogP contribution >= 0.6 is 11.6 Å². The molecular formula is C19H28ClN. The van der Waals surface area contributed by atoms with Crippen LogP contribution < -0.4 is 5.32 Å². The molecule has 0 spiro atoms. The molecule has 2 aliphatic rings. The summed E-state index contributed by atoms with van der Waals surface area (Å²) in [5.74, 6) is 1.59. The van der Waals surface area contributed by atoms with Gasteiger partial charge in [-0.2, -0.15) is 0 Å². The molecule has 1 aliphatic heterocycles. The van der Waals surface area contributed by atoms with Gasteiger partial charge in [0.25, 0.3) is 0 Å². The van der Waals surface area contributed by atoms with Crippen molar-refractivity contribution < 1.29 is 0 Å². The molecular weight excluding hydrogens is 278 g/mol. The lowest BCUT2D eigenvalue weighted by Gasteiger charge is -2.28. The van der Waals surface area contributed by atoms with Crippen LogP contribution in [-0.4, -0.2) is 12.6 Å². The molecule has 1 N–H and O–H groups in total. The van der Waals surface area contributed by atoms with Gasteiger partial charge in [-0.25, -0.2) is 0 Å². The highest BCUT2D eigenvalue weighted by Crippen LogP contribution is 2.38. The Labute approximate surface area is 134 Å². The molecule has 2 heteroatoms. The fourth-order valence-corrected chi connectivity index (χ4v) is 4.34. The van der Waals surface area contributed by atoms with Crippen LogP contribution in [0.5, 0.6) is 0 Å². The maximum absolute atomic E-state index is 6.60. The van der Waals surface area contributed by atoms with Crippen molar-refractivity contribution >= 4 is 11.6 Å². The molecule has 1 aliphatic carbocycles. The van der Waals surface area contributed by atoms with Gasteiger partial charge in [0.1, 0.15) is 0 Å². The third kappa shape index (κ3) is 4.02. The number of piperidine rings is 1. The quantitative estimate of drug-likeness (QED) is 0.797. The molecule has 0 radical (unpaired) electrons. The molecule has 2 fully saturated rings. The zero-order valence-corrected chi connectivity index (χ0v) is 14.0. The fraction of sp³-hybridized carbons (Fsp3) is 0.684. The first-order valence-corrected chi connectivity index (χ1v) is 9.12. The summed E-state index contributed by atoms with van der Waals surface area (Å²) in [4.78, 5) is 0. The minimum atomic E-state index is 0.649. The van der Waals surface area contributed by atoms with E-state index >= 15 is 0 Å². The van der Waals surface area contributed by atoms with Crippen LogP contribution in [0.1, 0.15) is 68.9 Å². The summed E-state index contributed by atoms with van der Waals surface area (Å²) >= 11 is 6.60. The van der Waals surface area contributed by atoms with Gasteiger partial charge in [-0.05, 0) is 67.7 Å². The maximum Gasteiger partial charge on any atom is 0.0443 e. The van der Waals surface area contributed by atoms with Crippen molar-refractivity contribution in [1.82, 2.24) is 5.32 Å². The number of benzene rings is 1. The molecule has 116 valence electrons. The maximum atomic E-state index is 6.60. The number of hydrogen-bond donors (Lipinski definition) is 1. The lowest BCUT2D eigenvalue weighted by molar-refractivity contribution is 0.348. The average molecular weight is 306 g/mol. The molecule has 0 amide bonds. The van der Waals surface area contributed by atoms with Crippen LogP contribution in [0, 0.1) is 5.92 Å². The van der Waals surface area contributed by atoms with Crippen molar-refractivity contribution in [2.45, 2.75) is 70.3 Å². The van der Waals surface area contributed by atoms with E-state index in [0.717, 1.165) is 17.4 Å². The Bertz CT molecular complexity index is 457. The highest BCUT2D eigenvalue weighted by molar-refractivity contribution is 6.31. The van der Waals surface area contributed by atoms with Crippen LogP contribution in [0.2, 0.25) is 5.02 Å². The first kappa shape index (κ1) is 15.4. The zero-order valence-electron chi connectivity index (χ0n) is 13.2. The lowest BCUT2D eigenvalue weighted by Crippen LogP contribution is -2.35. The summed E-state index contributed by atoms with van der Waals surface area (Å²) in [5.41, 5.74) is 2.79. The number of halogens is 1. The number of nitrogens with one attached hydrogen (secondary N) is 1. The van der Waals surface area contributed by atoms with Gasteiger partial charge in [0.15, 0.2) is 0 Å². The Morgan fingerprint density at radius 1 is 1.10 bits per heavy atom. The molecule has 3 rings (SSSR count). The van der Waals surface area contributed by atoms with Crippen LogP contribution in [0.3, 0.4) is 0 Å². The monoisotopic (exact) mass is 305 g/mol. The van der Waals surface area contributed by atoms with Gasteiger partial charge < -0.3 is 5.32 Å². The first-order valence-electron chi connectivity index (χ1n) is 8.74. The van der Waals surface area contributed by atoms with Gasteiger partial charge >= 0.3 is 0 Å².